The summed E-state index contributed by atoms with van der Waals surface area (Å²) in [6.07, 6.45) is 0.609. The van der Waals surface area contributed by atoms with E-state index in [4.69, 9.17) is 4.74 Å². The van der Waals surface area contributed by atoms with Crippen LogP contribution in [0.3, 0.4) is 0 Å². The molecule has 1 N–H and O–H groups in total. The largest absolute Gasteiger partial charge is 0.497 e. The summed E-state index contributed by atoms with van der Waals surface area (Å²) in [5, 5.41) is 2.65. The fourth-order valence-corrected chi connectivity index (χ4v) is 2.50. The van der Waals surface area contributed by atoms with Gasteiger partial charge in [-0.2, -0.15) is 0 Å². The maximum atomic E-state index is 13.6. The van der Waals surface area contributed by atoms with Crippen LogP contribution in [0.2, 0.25) is 0 Å². The van der Waals surface area contributed by atoms with Crippen molar-refractivity contribution in [2.75, 3.05) is 20.2 Å². The zero-order valence-electron chi connectivity index (χ0n) is 15.0. The number of nitrogens with one attached hydrogen (secondary N) is 1. The normalized spacial score (nSPS) is 10.3. The van der Waals surface area contributed by atoms with Gasteiger partial charge in [-0.25, -0.2) is 4.39 Å². The van der Waals surface area contributed by atoms with E-state index in [1.807, 2.05) is 24.3 Å². The monoisotopic (exact) mass is 358 g/mol. The number of methoxy groups -OCH3 is 1. The van der Waals surface area contributed by atoms with E-state index in [-0.39, 0.29) is 30.7 Å². The highest BCUT2D eigenvalue weighted by molar-refractivity contribution is 5.83. The van der Waals surface area contributed by atoms with Gasteiger partial charge in [0.15, 0.2) is 0 Å². The van der Waals surface area contributed by atoms with Crippen LogP contribution in [0.15, 0.2) is 48.5 Å². The van der Waals surface area contributed by atoms with Gasteiger partial charge < -0.3 is 15.0 Å². The van der Waals surface area contributed by atoms with Crippen LogP contribution in [0.5, 0.6) is 5.75 Å². The van der Waals surface area contributed by atoms with Crippen molar-refractivity contribution in [2.45, 2.75) is 19.9 Å². The zero-order valence-corrected chi connectivity index (χ0v) is 15.0. The molecule has 6 heteroatoms. The molecule has 2 amide bonds. The number of ether oxygens (including phenoxy) is 1. The SMILES string of the molecule is COc1cccc(CCN(CC(=O)NCc2ccccc2F)C(C)=O)c1. The predicted octanol–water partition coefficient (Wildman–Crippen LogP) is 2.54. The molecular formula is C20H23FN2O3. The molecule has 2 aromatic rings. The number of benzene rings is 2. The number of amides is 2. The van der Waals surface area contributed by atoms with Gasteiger partial charge in [0.2, 0.25) is 11.8 Å². The van der Waals surface area contributed by atoms with Crippen LogP contribution in [0, 0.1) is 5.82 Å². The van der Waals surface area contributed by atoms with Crippen LogP contribution >= 0.6 is 0 Å². The Labute approximate surface area is 152 Å². The second kappa shape index (κ2) is 9.56. The maximum absolute atomic E-state index is 13.6. The second-order valence-electron chi connectivity index (χ2n) is 5.91. The van der Waals surface area contributed by atoms with Crippen molar-refractivity contribution >= 4 is 11.8 Å². The van der Waals surface area contributed by atoms with E-state index in [9.17, 15) is 14.0 Å². The van der Waals surface area contributed by atoms with Crippen molar-refractivity contribution in [2.24, 2.45) is 0 Å². The number of halogens is 1. The Morgan fingerprint density at radius 1 is 1.15 bits per heavy atom. The zero-order chi connectivity index (χ0) is 18.9. The lowest BCUT2D eigenvalue weighted by Gasteiger charge is -2.20. The molecule has 0 aliphatic carbocycles. The molecule has 2 rings (SSSR count). The number of rotatable bonds is 8. The van der Waals surface area contributed by atoms with E-state index in [1.54, 1.807) is 25.3 Å². The lowest BCUT2D eigenvalue weighted by atomic mass is 10.1. The van der Waals surface area contributed by atoms with Gasteiger partial charge >= 0.3 is 0 Å². The molecule has 0 saturated carbocycles. The lowest BCUT2D eigenvalue weighted by Crippen LogP contribution is -2.40. The van der Waals surface area contributed by atoms with Gasteiger partial charge in [0.1, 0.15) is 11.6 Å². The first-order valence-electron chi connectivity index (χ1n) is 8.38. The molecule has 0 spiro atoms. The Kier molecular flexibility index (Phi) is 7.14. The number of hydrogen-bond donors (Lipinski definition) is 1. The Morgan fingerprint density at radius 3 is 2.62 bits per heavy atom. The molecule has 0 radical (unpaired) electrons. The minimum atomic E-state index is -0.366. The average molecular weight is 358 g/mol. The molecule has 138 valence electrons. The molecule has 0 aromatic heterocycles. The summed E-state index contributed by atoms with van der Waals surface area (Å²) >= 11 is 0. The quantitative estimate of drug-likeness (QED) is 0.789. The van der Waals surface area contributed by atoms with Crippen molar-refractivity contribution in [3.05, 3.63) is 65.5 Å². The predicted molar refractivity (Wildman–Crippen MR) is 97.2 cm³/mol. The molecule has 5 nitrogen and oxygen atoms in total. The van der Waals surface area contributed by atoms with Gasteiger partial charge in [-0.15, -0.1) is 0 Å². The topological polar surface area (TPSA) is 58.6 Å². The number of carbonyl (C=O) groups is 2. The van der Waals surface area contributed by atoms with Crippen LogP contribution in [-0.2, 0) is 22.6 Å². The van der Waals surface area contributed by atoms with Crippen molar-refractivity contribution in [1.82, 2.24) is 10.2 Å². The molecule has 0 unspecified atom stereocenters. The lowest BCUT2D eigenvalue weighted by molar-refractivity contribution is -0.134. The molecule has 26 heavy (non-hydrogen) atoms. The summed E-state index contributed by atoms with van der Waals surface area (Å²) in [5.74, 6) is -0.128. The van der Waals surface area contributed by atoms with E-state index in [2.05, 4.69) is 5.32 Å². The summed E-state index contributed by atoms with van der Waals surface area (Å²) in [5.41, 5.74) is 1.42. The van der Waals surface area contributed by atoms with E-state index in [1.165, 1.54) is 17.9 Å². The third kappa shape index (κ3) is 5.88. The molecule has 0 saturated heterocycles. The van der Waals surface area contributed by atoms with Gasteiger partial charge in [0, 0.05) is 25.6 Å². The Bertz CT molecular complexity index is 764. The molecule has 0 aliphatic heterocycles. The fraction of sp³-hybridized carbons (Fsp3) is 0.300. The van der Waals surface area contributed by atoms with Gasteiger partial charge in [0.25, 0.3) is 0 Å². The molecule has 0 fully saturated rings. The first kappa shape index (κ1) is 19.4. The van der Waals surface area contributed by atoms with E-state index in [0.717, 1.165) is 11.3 Å². The molecule has 0 atom stereocenters. The van der Waals surface area contributed by atoms with E-state index >= 15 is 0 Å². The molecule has 0 heterocycles. The Balaban J connectivity index is 1.87. The van der Waals surface area contributed by atoms with E-state index < -0.39 is 0 Å². The highest BCUT2D eigenvalue weighted by atomic mass is 19.1. The first-order chi connectivity index (χ1) is 12.5. The third-order valence-corrected chi connectivity index (χ3v) is 4.02. The summed E-state index contributed by atoms with van der Waals surface area (Å²) in [6.45, 7) is 1.87. The van der Waals surface area contributed by atoms with Gasteiger partial charge in [0.05, 0.1) is 13.7 Å². The number of nitrogens with zero attached hydrogens (tertiary/aromatic N) is 1. The standard InChI is InChI=1S/C20H23FN2O3/c1-15(24)23(11-10-16-6-5-8-18(12-16)26-2)14-20(25)22-13-17-7-3-4-9-19(17)21/h3-9,12H,10-11,13-14H2,1-2H3,(H,22,25). The maximum Gasteiger partial charge on any atom is 0.239 e. The van der Waals surface area contributed by atoms with E-state index in [0.29, 0.717) is 18.5 Å². The minimum Gasteiger partial charge on any atom is -0.497 e. The number of hydrogen-bond acceptors (Lipinski definition) is 3. The highest BCUT2D eigenvalue weighted by Gasteiger charge is 2.14. The Hall–Kier alpha value is -2.89. The Morgan fingerprint density at radius 2 is 1.92 bits per heavy atom. The van der Waals surface area contributed by atoms with Crippen LogP contribution in [-0.4, -0.2) is 36.9 Å². The third-order valence-electron chi connectivity index (χ3n) is 4.02. The van der Waals surface area contributed by atoms with Crippen molar-refractivity contribution in [3.8, 4) is 5.75 Å². The van der Waals surface area contributed by atoms with Gasteiger partial charge in [-0.05, 0) is 30.2 Å². The van der Waals surface area contributed by atoms with Crippen LogP contribution in [0.1, 0.15) is 18.1 Å². The number of carbonyl (C=O) groups excluding carboxylic acids is 2. The van der Waals surface area contributed by atoms with Crippen LogP contribution in [0.25, 0.3) is 0 Å². The molecule has 0 aliphatic rings. The first-order valence-corrected chi connectivity index (χ1v) is 8.38. The van der Waals surface area contributed by atoms with Crippen molar-refractivity contribution in [3.63, 3.8) is 0 Å². The summed E-state index contributed by atoms with van der Waals surface area (Å²) in [7, 11) is 1.60. The fourth-order valence-electron chi connectivity index (χ4n) is 2.50. The highest BCUT2D eigenvalue weighted by Crippen LogP contribution is 2.13. The summed E-state index contributed by atoms with van der Waals surface area (Å²) < 4.78 is 18.8. The van der Waals surface area contributed by atoms with Crippen LogP contribution < -0.4 is 10.1 Å². The smallest absolute Gasteiger partial charge is 0.239 e. The van der Waals surface area contributed by atoms with Crippen LogP contribution in [0.4, 0.5) is 4.39 Å². The van der Waals surface area contributed by atoms with Crippen molar-refractivity contribution in [1.29, 1.82) is 0 Å². The molecule has 2 aromatic carbocycles. The minimum absolute atomic E-state index is 0.0618. The average Bonchev–Trinajstić information content (AvgIpc) is 2.64. The van der Waals surface area contributed by atoms with Gasteiger partial charge in [-0.3, -0.25) is 9.59 Å². The second-order valence-corrected chi connectivity index (χ2v) is 5.91. The van der Waals surface area contributed by atoms with Crippen molar-refractivity contribution < 1.29 is 18.7 Å². The summed E-state index contributed by atoms with van der Waals surface area (Å²) in [4.78, 5) is 25.4. The van der Waals surface area contributed by atoms with Gasteiger partial charge in [-0.1, -0.05) is 30.3 Å². The molecular weight excluding hydrogens is 335 g/mol. The summed E-state index contributed by atoms with van der Waals surface area (Å²) in [6, 6.07) is 13.8. The molecule has 0 bridgehead atoms.